The second-order valence-electron chi connectivity index (χ2n) is 8.63. The lowest BCUT2D eigenvalue weighted by Crippen LogP contribution is -2.41. The molecule has 1 N–H and O–H groups in total. The summed E-state index contributed by atoms with van der Waals surface area (Å²) >= 11 is 0. The summed E-state index contributed by atoms with van der Waals surface area (Å²) in [6, 6.07) is 7.80. The molecule has 2 aromatic rings. The monoisotopic (exact) mass is 439 g/mol. The van der Waals surface area contributed by atoms with Gasteiger partial charge in [-0.3, -0.25) is 14.5 Å². The zero-order valence-electron chi connectivity index (χ0n) is 19.3. The van der Waals surface area contributed by atoms with Crippen molar-refractivity contribution >= 4 is 5.91 Å². The third-order valence-corrected chi connectivity index (χ3v) is 6.52. The molecule has 172 valence electrons. The van der Waals surface area contributed by atoms with Crippen LogP contribution >= 0.6 is 0 Å². The average Bonchev–Trinajstić information content (AvgIpc) is 3.43. The van der Waals surface area contributed by atoms with E-state index in [1.165, 1.54) is 0 Å². The molecule has 7 heteroatoms. The first kappa shape index (κ1) is 22.4. The van der Waals surface area contributed by atoms with Crippen molar-refractivity contribution < 1.29 is 14.3 Å². The number of aryl methyl sites for hydroxylation is 1. The molecule has 2 aliphatic rings. The highest BCUT2D eigenvalue weighted by Crippen LogP contribution is 2.33. The Balaban J connectivity index is 1.62. The summed E-state index contributed by atoms with van der Waals surface area (Å²) in [7, 11) is 0. The molecule has 0 spiro atoms. The fraction of sp³-hybridized carbons (Fsp3) is 0.520. The second-order valence-corrected chi connectivity index (χ2v) is 8.63. The largest absolute Gasteiger partial charge is 0.454 e. The summed E-state index contributed by atoms with van der Waals surface area (Å²) < 4.78 is 13.0. The number of carbonyl (C=O) groups excluding carboxylic acids is 1. The van der Waals surface area contributed by atoms with Gasteiger partial charge in [-0.15, -0.1) is 0 Å². The number of benzene rings is 1. The number of nitrogens with zero attached hydrogens (tertiary/aromatic N) is 2. The molecule has 2 aliphatic heterocycles. The molecule has 1 fully saturated rings. The predicted molar refractivity (Wildman–Crippen MR) is 124 cm³/mol. The van der Waals surface area contributed by atoms with E-state index in [0.717, 1.165) is 60.8 Å². The number of likely N-dealkylation sites (N-methyl/N-ethyl adjacent to an activating group) is 1. The van der Waals surface area contributed by atoms with Gasteiger partial charge in [0.05, 0.1) is 0 Å². The van der Waals surface area contributed by atoms with Crippen molar-refractivity contribution in [2.45, 2.75) is 59.0 Å². The summed E-state index contributed by atoms with van der Waals surface area (Å²) in [4.78, 5) is 28.5. The highest BCUT2D eigenvalue weighted by Gasteiger charge is 2.25. The number of pyridine rings is 1. The summed E-state index contributed by atoms with van der Waals surface area (Å²) in [6.45, 7) is 9.56. The third kappa shape index (κ3) is 4.53. The van der Waals surface area contributed by atoms with Crippen LogP contribution in [0.15, 0.2) is 29.1 Å². The normalized spacial score (nSPS) is 17.7. The summed E-state index contributed by atoms with van der Waals surface area (Å²) in [6.07, 6.45) is 3.74. The fourth-order valence-electron chi connectivity index (χ4n) is 4.85. The third-order valence-electron chi connectivity index (χ3n) is 6.52. The van der Waals surface area contributed by atoms with Crippen LogP contribution in [0.25, 0.3) is 0 Å². The minimum absolute atomic E-state index is 0.204. The standard InChI is InChI=1S/C25H33N3O4/c1-4-7-20-24(25(30)26-14-19-8-6-11-27(19)5-2)21(29)12-17(3)28(20)15-18-9-10-22-23(13-18)32-16-31-22/h9-10,12-13,19H,4-8,11,14-16H2,1-3H3,(H,26,30). The first-order valence-electron chi connectivity index (χ1n) is 11.7. The predicted octanol–water partition coefficient (Wildman–Crippen LogP) is 3.10. The fourth-order valence-corrected chi connectivity index (χ4v) is 4.85. The molecular formula is C25H33N3O4. The summed E-state index contributed by atoms with van der Waals surface area (Å²) in [5.74, 6) is 1.21. The van der Waals surface area contributed by atoms with Gasteiger partial charge in [-0.1, -0.05) is 26.3 Å². The molecule has 3 heterocycles. The van der Waals surface area contributed by atoms with Gasteiger partial charge in [0.2, 0.25) is 6.79 Å². The van der Waals surface area contributed by atoms with Crippen LogP contribution in [-0.2, 0) is 13.0 Å². The molecule has 1 saturated heterocycles. The van der Waals surface area contributed by atoms with Gasteiger partial charge < -0.3 is 19.4 Å². The molecule has 1 atom stereocenters. The smallest absolute Gasteiger partial charge is 0.257 e. The van der Waals surface area contributed by atoms with Gasteiger partial charge in [0.25, 0.3) is 5.91 Å². The zero-order chi connectivity index (χ0) is 22.7. The summed E-state index contributed by atoms with van der Waals surface area (Å²) in [5.41, 5.74) is 2.75. The van der Waals surface area contributed by atoms with Crippen LogP contribution in [0.1, 0.15) is 60.4 Å². The van der Waals surface area contributed by atoms with Crippen LogP contribution in [0.2, 0.25) is 0 Å². The molecule has 0 aliphatic carbocycles. The van der Waals surface area contributed by atoms with Crippen LogP contribution in [0.4, 0.5) is 0 Å². The Bertz CT molecular complexity index is 1050. The minimum atomic E-state index is -0.263. The number of likely N-dealkylation sites (tertiary alicyclic amines) is 1. The Morgan fingerprint density at radius 2 is 2.00 bits per heavy atom. The Morgan fingerprint density at radius 1 is 1.19 bits per heavy atom. The first-order valence-corrected chi connectivity index (χ1v) is 11.7. The van der Waals surface area contributed by atoms with Crippen LogP contribution in [0.5, 0.6) is 11.5 Å². The van der Waals surface area contributed by atoms with Gasteiger partial charge in [-0.2, -0.15) is 0 Å². The van der Waals surface area contributed by atoms with E-state index in [9.17, 15) is 9.59 Å². The number of amides is 1. The Kier molecular flexibility index (Phi) is 6.84. The number of carbonyl (C=O) groups is 1. The van der Waals surface area contributed by atoms with E-state index in [-0.39, 0.29) is 23.7 Å². The van der Waals surface area contributed by atoms with Crippen molar-refractivity contribution in [1.82, 2.24) is 14.8 Å². The van der Waals surface area contributed by atoms with Crippen molar-refractivity contribution in [1.29, 1.82) is 0 Å². The molecule has 1 unspecified atom stereocenters. The van der Waals surface area contributed by atoms with Crippen LogP contribution < -0.4 is 20.2 Å². The minimum Gasteiger partial charge on any atom is -0.454 e. The molecule has 0 bridgehead atoms. The van der Waals surface area contributed by atoms with Gasteiger partial charge in [0.1, 0.15) is 5.56 Å². The topological polar surface area (TPSA) is 72.8 Å². The number of hydrogen-bond acceptors (Lipinski definition) is 5. The van der Waals surface area contributed by atoms with E-state index < -0.39 is 0 Å². The van der Waals surface area contributed by atoms with Crippen LogP contribution in [0, 0.1) is 6.92 Å². The quantitative estimate of drug-likeness (QED) is 0.684. The molecule has 0 saturated carbocycles. The molecular weight excluding hydrogens is 406 g/mol. The Labute approximate surface area is 189 Å². The lowest BCUT2D eigenvalue weighted by Gasteiger charge is -2.24. The van der Waals surface area contributed by atoms with E-state index in [2.05, 4.69) is 28.6 Å². The summed E-state index contributed by atoms with van der Waals surface area (Å²) in [5, 5.41) is 3.06. The Hall–Kier alpha value is -2.80. The van der Waals surface area contributed by atoms with Gasteiger partial charge in [-0.25, -0.2) is 0 Å². The molecule has 7 nitrogen and oxygen atoms in total. The van der Waals surface area contributed by atoms with E-state index in [0.29, 0.717) is 25.6 Å². The SMILES string of the molecule is CCCc1c(C(=O)NCC2CCCN2CC)c(=O)cc(C)n1Cc1ccc2c(c1)OCO2. The van der Waals surface area contributed by atoms with Gasteiger partial charge >= 0.3 is 0 Å². The van der Waals surface area contributed by atoms with Gasteiger partial charge in [0.15, 0.2) is 16.9 Å². The lowest BCUT2D eigenvalue weighted by atomic mass is 10.0. The first-order chi connectivity index (χ1) is 15.5. The number of nitrogens with one attached hydrogen (secondary N) is 1. The van der Waals surface area contributed by atoms with E-state index in [1.807, 2.05) is 25.1 Å². The number of ether oxygens (including phenoxy) is 2. The number of rotatable bonds is 8. The Morgan fingerprint density at radius 3 is 2.78 bits per heavy atom. The van der Waals surface area contributed by atoms with Crippen LogP contribution in [0.3, 0.4) is 0 Å². The maximum atomic E-state index is 13.2. The number of fused-ring (bicyclic) bond motifs is 1. The maximum absolute atomic E-state index is 13.2. The molecule has 1 aromatic carbocycles. The molecule has 1 aromatic heterocycles. The highest BCUT2D eigenvalue weighted by atomic mass is 16.7. The van der Waals surface area contributed by atoms with Crippen molar-refractivity contribution in [3.05, 3.63) is 57.0 Å². The molecule has 0 radical (unpaired) electrons. The lowest BCUT2D eigenvalue weighted by molar-refractivity contribution is 0.0938. The van der Waals surface area contributed by atoms with Crippen molar-refractivity contribution in [3.8, 4) is 11.5 Å². The maximum Gasteiger partial charge on any atom is 0.257 e. The van der Waals surface area contributed by atoms with Gasteiger partial charge in [-0.05, 0) is 57.0 Å². The van der Waals surface area contributed by atoms with E-state index in [4.69, 9.17) is 9.47 Å². The van der Waals surface area contributed by atoms with Crippen molar-refractivity contribution in [3.63, 3.8) is 0 Å². The second kappa shape index (κ2) is 9.77. The van der Waals surface area contributed by atoms with Crippen molar-refractivity contribution in [2.24, 2.45) is 0 Å². The number of aromatic nitrogens is 1. The molecule has 4 rings (SSSR count). The average molecular weight is 440 g/mol. The van der Waals surface area contributed by atoms with Crippen LogP contribution in [-0.4, -0.2) is 47.8 Å². The van der Waals surface area contributed by atoms with Gasteiger partial charge in [0, 0.05) is 36.6 Å². The van der Waals surface area contributed by atoms with Crippen molar-refractivity contribution in [2.75, 3.05) is 26.4 Å². The molecule has 32 heavy (non-hydrogen) atoms. The number of hydrogen-bond donors (Lipinski definition) is 1. The van der Waals surface area contributed by atoms with E-state index >= 15 is 0 Å². The zero-order valence-corrected chi connectivity index (χ0v) is 19.3. The molecule has 1 amide bonds. The highest BCUT2D eigenvalue weighted by molar-refractivity contribution is 5.95. The van der Waals surface area contributed by atoms with E-state index in [1.54, 1.807) is 6.07 Å².